The molecular formula is C6H12N6O2. The van der Waals surface area contributed by atoms with Crippen molar-refractivity contribution in [3.05, 3.63) is 10.4 Å². The predicted molar refractivity (Wildman–Crippen MR) is 48.8 cm³/mol. The Morgan fingerprint density at radius 3 is 2.79 bits per heavy atom. The van der Waals surface area contributed by atoms with Gasteiger partial charge in [0.1, 0.15) is 0 Å². The molecule has 0 heterocycles. The zero-order valence-corrected chi connectivity index (χ0v) is 7.78. The number of hydrogen-bond acceptors (Lipinski definition) is 4. The monoisotopic (exact) mass is 200 g/mol. The molecule has 0 aliphatic rings. The normalized spacial score (nSPS) is 8.64. The summed E-state index contributed by atoms with van der Waals surface area (Å²) in [5, 5.41) is 5.70. The minimum absolute atomic E-state index is 0.0180. The highest BCUT2D eigenvalue weighted by atomic mass is 16.2. The lowest BCUT2D eigenvalue weighted by molar-refractivity contribution is -0.121. The van der Waals surface area contributed by atoms with E-state index in [0.29, 0.717) is 0 Å². The number of carbonyl (C=O) groups is 2. The van der Waals surface area contributed by atoms with Crippen LogP contribution < -0.4 is 16.2 Å². The third-order valence-corrected chi connectivity index (χ3v) is 1.11. The van der Waals surface area contributed by atoms with Crippen LogP contribution in [-0.2, 0) is 9.59 Å². The fourth-order valence-electron chi connectivity index (χ4n) is 0.601. The van der Waals surface area contributed by atoms with Crippen molar-refractivity contribution in [1.29, 1.82) is 0 Å². The second kappa shape index (κ2) is 7.84. The zero-order chi connectivity index (χ0) is 10.8. The third kappa shape index (κ3) is 8.31. The maximum atomic E-state index is 10.9. The van der Waals surface area contributed by atoms with Crippen molar-refractivity contribution < 1.29 is 9.59 Å². The number of rotatable bonds is 6. The van der Waals surface area contributed by atoms with E-state index in [9.17, 15) is 9.59 Å². The van der Waals surface area contributed by atoms with Gasteiger partial charge < -0.3 is 5.32 Å². The van der Waals surface area contributed by atoms with Crippen LogP contribution in [0.1, 0.15) is 6.92 Å². The number of azide groups is 1. The maximum absolute atomic E-state index is 10.9. The lowest BCUT2D eigenvalue weighted by Gasteiger charge is -2.04. The summed E-state index contributed by atoms with van der Waals surface area (Å²) in [7, 11) is 0. The van der Waals surface area contributed by atoms with Gasteiger partial charge in [0.2, 0.25) is 11.8 Å². The lowest BCUT2D eigenvalue weighted by Crippen LogP contribution is -2.43. The first kappa shape index (κ1) is 12.2. The Bertz CT molecular complexity index is 237. The predicted octanol–water partition coefficient (Wildman–Crippen LogP) is -0.946. The minimum atomic E-state index is -0.285. The van der Waals surface area contributed by atoms with Crippen LogP contribution in [0, 0.1) is 0 Å². The van der Waals surface area contributed by atoms with Gasteiger partial charge in [0.15, 0.2) is 0 Å². The maximum Gasteiger partial charge on any atom is 0.235 e. The second-order valence-corrected chi connectivity index (χ2v) is 2.34. The van der Waals surface area contributed by atoms with E-state index in [-0.39, 0.29) is 31.4 Å². The fourth-order valence-corrected chi connectivity index (χ4v) is 0.601. The molecule has 0 radical (unpaired) electrons. The molecule has 14 heavy (non-hydrogen) atoms. The second-order valence-electron chi connectivity index (χ2n) is 2.34. The smallest absolute Gasteiger partial charge is 0.235 e. The fraction of sp³-hybridized carbons (Fsp3) is 0.667. The van der Waals surface area contributed by atoms with Crippen LogP contribution >= 0.6 is 0 Å². The van der Waals surface area contributed by atoms with Gasteiger partial charge in [-0.05, 0) is 5.53 Å². The van der Waals surface area contributed by atoms with Gasteiger partial charge >= 0.3 is 0 Å². The number of nitrogens with one attached hydrogen (secondary N) is 3. The first-order chi connectivity index (χ1) is 6.66. The molecule has 0 fully saturated rings. The van der Waals surface area contributed by atoms with Gasteiger partial charge in [-0.3, -0.25) is 15.0 Å². The van der Waals surface area contributed by atoms with Crippen molar-refractivity contribution in [1.82, 2.24) is 16.2 Å². The molecule has 0 bridgehead atoms. The molecule has 0 aromatic rings. The number of hydrazine groups is 1. The molecule has 0 rings (SSSR count). The van der Waals surface area contributed by atoms with Gasteiger partial charge in [-0.15, -0.1) is 0 Å². The highest BCUT2D eigenvalue weighted by molar-refractivity contribution is 5.78. The van der Waals surface area contributed by atoms with Crippen molar-refractivity contribution >= 4 is 11.8 Å². The molecule has 0 aliphatic carbocycles. The van der Waals surface area contributed by atoms with Gasteiger partial charge in [-0.1, -0.05) is 5.11 Å². The van der Waals surface area contributed by atoms with Gasteiger partial charge in [0, 0.05) is 24.9 Å². The molecule has 3 N–H and O–H groups in total. The van der Waals surface area contributed by atoms with Gasteiger partial charge in [0.05, 0.1) is 6.54 Å². The van der Waals surface area contributed by atoms with E-state index in [2.05, 4.69) is 26.2 Å². The average Bonchev–Trinajstić information content (AvgIpc) is 2.12. The van der Waals surface area contributed by atoms with Crippen molar-refractivity contribution in [2.24, 2.45) is 5.11 Å². The van der Waals surface area contributed by atoms with Gasteiger partial charge in [-0.2, -0.15) is 0 Å². The average molecular weight is 200 g/mol. The van der Waals surface area contributed by atoms with Crippen molar-refractivity contribution in [3.63, 3.8) is 0 Å². The molecule has 2 amide bonds. The van der Waals surface area contributed by atoms with E-state index < -0.39 is 0 Å². The highest BCUT2D eigenvalue weighted by Crippen LogP contribution is 1.69. The molecule has 0 atom stereocenters. The largest absolute Gasteiger partial charge is 0.355 e. The number of nitrogens with zero attached hydrogens (tertiary/aromatic N) is 3. The summed E-state index contributed by atoms with van der Waals surface area (Å²) in [6, 6.07) is 0. The standard InChI is InChI=1S/C6H12N6O2/c1-5(13)11-10-4-6(14)8-2-3-9-12-7/h10H,2-4H2,1H3,(H,8,14)(H,11,13). The number of carbonyl (C=O) groups excluding carboxylic acids is 2. The summed E-state index contributed by atoms with van der Waals surface area (Å²) in [5.41, 5.74) is 12.6. The van der Waals surface area contributed by atoms with Crippen LogP contribution in [0.25, 0.3) is 10.4 Å². The van der Waals surface area contributed by atoms with Crippen molar-refractivity contribution in [3.8, 4) is 0 Å². The third-order valence-electron chi connectivity index (χ3n) is 1.11. The summed E-state index contributed by atoms with van der Waals surface area (Å²) < 4.78 is 0. The molecular weight excluding hydrogens is 188 g/mol. The van der Waals surface area contributed by atoms with E-state index in [1.807, 2.05) is 0 Å². The minimum Gasteiger partial charge on any atom is -0.355 e. The lowest BCUT2D eigenvalue weighted by atomic mass is 10.5. The summed E-state index contributed by atoms with van der Waals surface area (Å²) in [6.45, 7) is 1.80. The van der Waals surface area contributed by atoms with Crippen LogP contribution in [0.3, 0.4) is 0 Å². The molecule has 0 aromatic heterocycles. The quantitative estimate of drug-likeness (QED) is 0.168. The number of amides is 2. The molecule has 0 saturated carbocycles. The van der Waals surface area contributed by atoms with Gasteiger partial charge in [-0.25, -0.2) is 5.43 Å². The molecule has 8 nitrogen and oxygen atoms in total. The Morgan fingerprint density at radius 2 is 2.21 bits per heavy atom. The van der Waals surface area contributed by atoms with Crippen molar-refractivity contribution in [2.45, 2.75) is 6.92 Å². The molecule has 0 unspecified atom stereocenters. The molecule has 0 spiro atoms. The Morgan fingerprint density at radius 1 is 1.50 bits per heavy atom. The molecule has 0 aromatic carbocycles. The van der Waals surface area contributed by atoms with Crippen molar-refractivity contribution in [2.75, 3.05) is 19.6 Å². The van der Waals surface area contributed by atoms with E-state index >= 15 is 0 Å². The van der Waals surface area contributed by atoms with Crippen LogP contribution in [0.15, 0.2) is 5.11 Å². The molecule has 0 saturated heterocycles. The van der Waals surface area contributed by atoms with E-state index in [0.717, 1.165) is 0 Å². The Kier molecular flexibility index (Phi) is 6.84. The topological polar surface area (TPSA) is 119 Å². The van der Waals surface area contributed by atoms with E-state index in [1.165, 1.54) is 6.92 Å². The van der Waals surface area contributed by atoms with Crippen LogP contribution in [0.5, 0.6) is 0 Å². The Labute approximate surface area is 80.6 Å². The first-order valence-corrected chi connectivity index (χ1v) is 3.94. The SMILES string of the molecule is CC(=O)NNCC(=O)NCCN=[N+]=[N-]. The summed E-state index contributed by atoms with van der Waals surface area (Å²) in [6.07, 6.45) is 0. The van der Waals surface area contributed by atoms with E-state index in [4.69, 9.17) is 5.53 Å². The van der Waals surface area contributed by atoms with Crippen LogP contribution in [0.2, 0.25) is 0 Å². The van der Waals surface area contributed by atoms with Crippen LogP contribution in [0.4, 0.5) is 0 Å². The van der Waals surface area contributed by atoms with E-state index in [1.54, 1.807) is 0 Å². The summed E-state index contributed by atoms with van der Waals surface area (Å²) in [4.78, 5) is 23.8. The molecule has 78 valence electrons. The molecule has 0 aliphatic heterocycles. The molecule has 8 heteroatoms. The number of hydrogen-bond donors (Lipinski definition) is 3. The van der Waals surface area contributed by atoms with Crippen LogP contribution in [-0.4, -0.2) is 31.4 Å². The summed E-state index contributed by atoms with van der Waals surface area (Å²) >= 11 is 0. The highest BCUT2D eigenvalue weighted by Gasteiger charge is 1.98. The van der Waals surface area contributed by atoms with Gasteiger partial charge in [0.25, 0.3) is 0 Å². The first-order valence-electron chi connectivity index (χ1n) is 3.94. The summed E-state index contributed by atoms with van der Waals surface area (Å²) in [5.74, 6) is -0.557. The Balaban J connectivity index is 3.36. The zero-order valence-electron chi connectivity index (χ0n) is 7.78. The Hall–Kier alpha value is -1.79.